The first kappa shape index (κ1) is 18.7. The Kier molecular flexibility index (Phi) is 4.94. The summed E-state index contributed by atoms with van der Waals surface area (Å²) in [5.74, 6) is 0.633. The van der Waals surface area contributed by atoms with Crippen molar-refractivity contribution in [1.82, 2.24) is 19.5 Å². The van der Waals surface area contributed by atoms with Gasteiger partial charge in [0, 0.05) is 25.4 Å². The summed E-state index contributed by atoms with van der Waals surface area (Å²) in [7, 11) is 0. The lowest BCUT2D eigenvalue weighted by molar-refractivity contribution is -0.137. The first-order valence-electron chi connectivity index (χ1n) is 9.04. The molecular weight excluding hydrogens is 371 g/mol. The summed E-state index contributed by atoms with van der Waals surface area (Å²) in [6, 6.07) is 10.5. The van der Waals surface area contributed by atoms with Crippen LogP contribution in [0.1, 0.15) is 17.7 Å². The van der Waals surface area contributed by atoms with Crippen LogP contribution in [0.5, 0.6) is 0 Å². The van der Waals surface area contributed by atoms with E-state index in [4.69, 9.17) is 0 Å². The van der Waals surface area contributed by atoms with Crippen LogP contribution >= 0.6 is 0 Å². The van der Waals surface area contributed by atoms with E-state index in [1.165, 1.54) is 12.1 Å². The summed E-state index contributed by atoms with van der Waals surface area (Å²) < 4.78 is 39.8. The number of hydrogen-bond acceptors (Lipinski definition) is 5. The van der Waals surface area contributed by atoms with Gasteiger partial charge < -0.3 is 10.4 Å². The van der Waals surface area contributed by atoms with Gasteiger partial charge in [0.25, 0.3) is 0 Å². The predicted molar refractivity (Wildman–Crippen MR) is 98.2 cm³/mol. The number of benzene rings is 1. The van der Waals surface area contributed by atoms with Crippen LogP contribution in [-0.2, 0) is 12.7 Å². The Morgan fingerprint density at radius 1 is 1.14 bits per heavy atom. The molecule has 1 saturated heterocycles. The number of likely N-dealkylation sites (tertiary alicyclic amines) is 1. The van der Waals surface area contributed by atoms with Crippen LogP contribution < -0.4 is 5.32 Å². The zero-order valence-electron chi connectivity index (χ0n) is 15.0. The van der Waals surface area contributed by atoms with Gasteiger partial charge in [0.05, 0.1) is 11.3 Å². The van der Waals surface area contributed by atoms with Crippen molar-refractivity contribution in [3.63, 3.8) is 0 Å². The van der Waals surface area contributed by atoms with E-state index in [9.17, 15) is 18.3 Å². The fourth-order valence-corrected chi connectivity index (χ4v) is 3.44. The Hall–Kier alpha value is -2.65. The molecule has 0 unspecified atom stereocenters. The van der Waals surface area contributed by atoms with Gasteiger partial charge in [0.15, 0.2) is 5.65 Å². The summed E-state index contributed by atoms with van der Waals surface area (Å²) in [6.45, 7) is 2.66. The van der Waals surface area contributed by atoms with E-state index in [0.29, 0.717) is 29.7 Å². The lowest BCUT2D eigenvalue weighted by Gasteiger charge is -2.15. The first-order valence-corrected chi connectivity index (χ1v) is 9.04. The number of aliphatic hydroxyl groups excluding tert-OH is 1. The van der Waals surface area contributed by atoms with Crippen LogP contribution in [0.3, 0.4) is 0 Å². The number of aliphatic hydroxyl groups is 1. The van der Waals surface area contributed by atoms with Gasteiger partial charge in [-0.25, -0.2) is 4.52 Å². The van der Waals surface area contributed by atoms with E-state index in [-0.39, 0.29) is 6.61 Å². The van der Waals surface area contributed by atoms with Gasteiger partial charge in [-0.1, -0.05) is 6.07 Å². The zero-order valence-corrected chi connectivity index (χ0v) is 15.0. The third kappa shape index (κ3) is 3.95. The topological polar surface area (TPSA) is 65.7 Å². The number of rotatable bonds is 5. The van der Waals surface area contributed by atoms with E-state index in [2.05, 4.69) is 20.3 Å². The number of nitrogens with zero attached hydrogens (tertiary/aromatic N) is 4. The number of alkyl halides is 3. The average molecular weight is 391 g/mol. The molecule has 6 nitrogen and oxygen atoms in total. The molecule has 0 aliphatic carbocycles. The van der Waals surface area contributed by atoms with E-state index >= 15 is 0 Å². The fraction of sp³-hybridized carbons (Fsp3) is 0.368. The molecule has 4 rings (SSSR count). The minimum atomic E-state index is -4.36. The number of aromatic nitrogens is 3. The van der Waals surface area contributed by atoms with Crippen molar-refractivity contribution in [2.75, 3.05) is 25.0 Å². The maximum atomic E-state index is 12.7. The molecule has 1 atom stereocenters. The lowest BCUT2D eigenvalue weighted by atomic mass is 10.1. The molecule has 0 saturated carbocycles. The highest BCUT2D eigenvalue weighted by atomic mass is 19.4. The molecule has 0 spiro atoms. The number of hydrogen-bond donors (Lipinski definition) is 2. The van der Waals surface area contributed by atoms with Crippen molar-refractivity contribution >= 4 is 17.3 Å². The molecule has 28 heavy (non-hydrogen) atoms. The van der Waals surface area contributed by atoms with Crippen LogP contribution in [-0.4, -0.2) is 44.3 Å². The minimum absolute atomic E-state index is 0.200. The van der Waals surface area contributed by atoms with Gasteiger partial charge in [0.1, 0.15) is 0 Å². The van der Waals surface area contributed by atoms with E-state index in [1.54, 1.807) is 4.52 Å². The molecule has 9 heteroatoms. The Morgan fingerprint density at radius 3 is 2.61 bits per heavy atom. The molecule has 148 valence electrons. The number of fused-ring (bicyclic) bond motifs is 1. The van der Waals surface area contributed by atoms with Gasteiger partial charge in [0.2, 0.25) is 5.95 Å². The van der Waals surface area contributed by atoms with Gasteiger partial charge >= 0.3 is 6.18 Å². The summed E-state index contributed by atoms with van der Waals surface area (Å²) in [5, 5.41) is 16.7. The molecule has 0 bridgehead atoms. The SMILES string of the molecule is OC[C@@H]1CCN(Cc2cccc3nc(Nc4ccc(C(F)(F)F)cc4)nn23)C1. The normalized spacial score (nSPS) is 18.1. The Balaban J connectivity index is 1.52. The summed E-state index contributed by atoms with van der Waals surface area (Å²) >= 11 is 0. The maximum Gasteiger partial charge on any atom is 0.416 e. The monoisotopic (exact) mass is 391 g/mol. The molecule has 1 aromatic carbocycles. The quantitative estimate of drug-likeness (QED) is 0.699. The molecule has 0 amide bonds. The lowest BCUT2D eigenvalue weighted by Crippen LogP contribution is -2.22. The highest BCUT2D eigenvalue weighted by Gasteiger charge is 2.30. The molecule has 3 aromatic rings. The molecular formula is C19H20F3N5O. The van der Waals surface area contributed by atoms with Crippen molar-refractivity contribution in [3.8, 4) is 0 Å². The molecule has 1 aliphatic heterocycles. The first-order chi connectivity index (χ1) is 13.4. The van der Waals surface area contributed by atoms with Crippen molar-refractivity contribution in [2.45, 2.75) is 19.1 Å². The number of halogens is 3. The van der Waals surface area contributed by atoms with Crippen molar-refractivity contribution in [3.05, 3.63) is 53.7 Å². The summed E-state index contributed by atoms with van der Waals surface area (Å²) in [5.41, 5.74) is 1.40. The standard InChI is InChI=1S/C19H20F3N5O/c20-19(21,22)14-4-6-15(7-5-14)23-18-24-17-3-1-2-16(27(17)25-18)11-26-9-8-13(10-26)12-28/h1-7,13,28H,8-12H2,(H,23,25)/t13-/m1/s1. The molecule has 0 radical (unpaired) electrons. The largest absolute Gasteiger partial charge is 0.416 e. The zero-order chi connectivity index (χ0) is 19.7. The van der Waals surface area contributed by atoms with Crippen LogP contribution in [0.4, 0.5) is 24.8 Å². The second kappa shape index (κ2) is 7.40. The Labute approximate surface area is 159 Å². The molecule has 3 heterocycles. The van der Waals surface area contributed by atoms with Crippen LogP contribution in [0, 0.1) is 5.92 Å². The van der Waals surface area contributed by atoms with Crippen LogP contribution in [0.25, 0.3) is 5.65 Å². The van der Waals surface area contributed by atoms with Crippen molar-refractivity contribution in [1.29, 1.82) is 0 Å². The van der Waals surface area contributed by atoms with Gasteiger partial charge in [-0.2, -0.15) is 18.2 Å². The molecule has 2 N–H and O–H groups in total. The summed E-state index contributed by atoms with van der Waals surface area (Å²) in [6.07, 6.45) is -3.38. The fourth-order valence-electron chi connectivity index (χ4n) is 3.44. The third-order valence-electron chi connectivity index (χ3n) is 4.92. The van der Waals surface area contributed by atoms with Gasteiger partial charge in [-0.15, -0.1) is 5.10 Å². The Bertz CT molecular complexity index is 954. The molecule has 1 fully saturated rings. The van der Waals surface area contributed by atoms with Crippen LogP contribution in [0.15, 0.2) is 42.5 Å². The number of anilines is 2. The second-order valence-corrected chi connectivity index (χ2v) is 7.00. The van der Waals surface area contributed by atoms with E-state index < -0.39 is 11.7 Å². The van der Waals surface area contributed by atoms with E-state index in [0.717, 1.165) is 37.3 Å². The number of nitrogens with one attached hydrogen (secondary N) is 1. The highest BCUT2D eigenvalue weighted by Crippen LogP contribution is 2.30. The number of pyridine rings is 1. The average Bonchev–Trinajstić information content (AvgIpc) is 3.28. The summed E-state index contributed by atoms with van der Waals surface area (Å²) in [4.78, 5) is 6.67. The van der Waals surface area contributed by atoms with Gasteiger partial charge in [-0.3, -0.25) is 4.90 Å². The van der Waals surface area contributed by atoms with Gasteiger partial charge in [-0.05, 0) is 55.3 Å². The predicted octanol–water partition coefficient (Wildman–Crippen LogP) is 3.31. The molecule has 2 aromatic heterocycles. The smallest absolute Gasteiger partial charge is 0.396 e. The Morgan fingerprint density at radius 2 is 1.93 bits per heavy atom. The maximum absolute atomic E-state index is 12.7. The molecule has 1 aliphatic rings. The van der Waals surface area contributed by atoms with Crippen LogP contribution in [0.2, 0.25) is 0 Å². The minimum Gasteiger partial charge on any atom is -0.396 e. The third-order valence-corrected chi connectivity index (χ3v) is 4.92. The van der Waals surface area contributed by atoms with E-state index in [1.807, 2.05) is 18.2 Å². The second-order valence-electron chi connectivity index (χ2n) is 7.00. The van der Waals surface area contributed by atoms with Crippen molar-refractivity contribution in [2.24, 2.45) is 5.92 Å². The van der Waals surface area contributed by atoms with Crippen molar-refractivity contribution < 1.29 is 18.3 Å². The highest BCUT2D eigenvalue weighted by molar-refractivity contribution is 5.56.